The summed E-state index contributed by atoms with van der Waals surface area (Å²) in [5.74, 6) is 1.87. The van der Waals surface area contributed by atoms with E-state index < -0.39 is 0 Å². The van der Waals surface area contributed by atoms with Crippen molar-refractivity contribution in [2.24, 2.45) is 0 Å². The summed E-state index contributed by atoms with van der Waals surface area (Å²) >= 11 is 6.10. The normalized spacial score (nSPS) is 15.6. The smallest absolute Gasteiger partial charge is 0.253 e. The minimum atomic E-state index is 0.0429. The van der Waals surface area contributed by atoms with E-state index in [0.29, 0.717) is 28.4 Å². The number of aromatic nitrogens is 2. The number of nitrogens with one attached hydrogen (secondary N) is 2. The molecule has 0 aliphatic carbocycles. The molecule has 1 saturated heterocycles. The lowest BCUT2D eigenvalue weighted by Crippen LogP contribution is -2.46. The lowest BCUT2D eigenvalue weighted by atomic mass is 10.1. The summed E-state index contributed by atoms with van der Waals surface area (Å²) < 4.78 is 10.9. The fourth-order valence-electron chi connectivity index (χ4n) is 3.47. The third-order valence-corrected chi connectivity index (χ3v) is 5.13. The molecule has 148 valence electrons. The van der Waals surface area contributed by atoms with Gasteiger partial charge >= 0.3 is 0 Å². The van der Waals surface area contributed by atoms with Crippen LogP contribution in [-0.2, 0) is 0 Å². The number of amides is 1. The van der Waals surface area contributed by atoms with Crippen molar-refractivity contribution >= 4 is 39.9 Å². The van der Waals surface area contributed by atoms with E-state index in [2.05, 4.69) is 20.6 Å². The van der Waals surface area contributed by atoms with E-state index in [0.717, 1.165) is 37.3 Å². The minimum absolute atomic E-state index is 0.0429. The Balaban J connectivity index is 1.41. The average molecular weight is 412 g/mol. The second-order valence-corrected chi connectivity index (χ2v) is 7.15. The molecular formula is C20H18ClN5O3. The molecule has 1 fully saturated rings. The highest BCUT2D eigenvalue weighted by Crippen LogP contribution is 2.38. The van der Waals surface area contributed by atoms with Crippen molar-refractivity contribution in [1.29, 1.82) is 0 Å². The van der Waals surface area contributed by atoms with Crippen LogP contribution in [0.4, 0.5) is 11.5 Å². The van der Waals surface area contributed by atoms with Crippen LogP contribution < -0.4 is 20.1 Å². The molecule has 2 aromatic carbocycles. The van der Waals surface area contributed by atoms with Crippen molar-refractivity contribution in [2.75, 3.05) is 38.3 Å². The number of hydrogen-bond acceptors (Lipinski definition) is 7. The fraction of sp³-hybridized carbons (Fsp3) is 0.250. The number of carbonyl (C=O) groups is 1. The zero-order valence-corrected chi connectivity index (χ0v) is 16.2. The summed E-state index contributed by atoms with van der Waals surface area (Å²) in [6.07, 6.45) is 0. The second-order valence-electron chi connectivity index (χ2n) is 6.81. The van der Waals surface area contributed by atoms with Crippen molar-refractivity contribution in [3.8, 4) is 11.5 Å². The van der Waals surface area contributed by atoms with Crippen LogP contribution in [0.3, 0.4) is 0 Å². The predicted molar refractivity (Wildman–Crippen MR) is 109 cm³/mol. The van der Waals surface area contributed by atoms with Crippen molar-refractivity contribution < 1.29 is 14.3 Å². The molecular weight excluding hydrogens is 394 g/mol. The molecule has 0 unspecified atom stereocenters. The minimum Gasteiger partial charge on any atom is -0.454 e. The molecule has 2 N–H and O–H groups in total. The van der Waals surface area contributed by atoms with Gasteiger partial charge < -0.3 is 25.0 Å². The van der Waals surface area contributed by atoms with E-state index in [9.17, 15) is 4.79 Å². The standard InChI is InChI=1S/C20H18ClN5O3/c21-20-24-15-10-17-16(28-11-29-17)9-14(15)18(25-20)23-13-3-1-12(2-4-13)19(27)26-7-5-22-6-8-26/h1-4,9-10,22H,5-8,11H2,(H,23,24,25). The van der Waals surface area contributed by atoms with Crippen LogP contribution in [0.2, 0.25) is 5.28 Å². The molecule has 29 heavy (non-hydrogen) atoms. The van der Waals surface area contributed by atoms with Gasteiger partial charge in [-0.1, -0.05) is 0 Å². The highest BCUT2D eigenvalue weighted by atomic mass is 35.5. The number of anilines is 2. The van der Waals surface area contributed by atoms with Crippen molar-refractivity contribution in [2.45, 2.75) is 0 Å². The zero-order valence-electron chi connectivity index (χ0n) is 15.4. The molecule has 0 saturated carbocycles. The number of carbonyl (C=O) groups excluding carboxylic acids is 1. The molecule has 0 spiro atoms. The van der Waals surface area contributed by atoms with Crippen LogP contribution >= 0.6 is 11.6 Å². The van der Waals surface area contributed by atoms with Gasteiger partial charge in [-0.3, -0.25) is 4.79 Å². The molecule has 2 aliphatic heterocycles. The maximum absolute atomic E-state index is 12.6. The Labute approximate surface area is 171 Å². The average Bonchev–Trinajstić information content (AvgIpc) is 3.20. The second kappa shape index (κ2) is 7.38. The molecule has 5 rings (SSSR count). The van der Waals surface area contributed by atoms with Gasteiger partial charge in [-0.05, 0) is 41.9 Å². The Kier molecular flexibility index (Phi) is 4.57. The van der Waals surface area contributed by atoms with Crippen molar-refractivity contribution in [3.63, 3.8) is 0 Å². The van der Waals surface area contributed by atoms with Crippen molar-refractivity contribution in [1.82, 2.24) is 20.2 Å². The molecule has 1 aromatic heterocycles. The topological polar surface area (TPSA) is 88.6 Å². The highest BCUT2D eigenvalue weighted by Gasteiger charge is 2.19. The third-order valence-electron chi connectivity index (χ3n) is 4.96. The molecule has 3 aromatic rings. The Bertz CT molecular complexity index is 1080. The van der Waals surface area contributed by atoms with E-state index in [1.54, 1.807) is 6.07 Å². The summed E-state index contributed by atoms with van der Waals surface area (Å²) in [4.78, 5) is 23.1. The van der Waals surface area contributed by atoms with Gasteiger partial charge in [0.25, 0.3) is 5.91 Å². The maximum atomic E-state index is 12.6. The van der Waals surface area contributed by atoms with E-state index in [-0.39, 0.29) is 18.0 Å². The first kappa shape index (κ1) is 18.0. The highest BCUT2D eigenvalue weighted by molar-refractivity contribution is 6.28. The fourth-order valence-corrected chi connectivity index (χ4v) is 3.64. The van der Waals surface area contributed by atoms with Crippen LogP contribution in [0, 0.1) is 0 Å². The first-order chi connectivity index (χ1) is 14.2. The number of hydrogen-bond donors (Lipinski definition) is 2. The van der Waals surface area contributed by atoms with Gasteiger partial charge in [-0.2, -0.15) is 4.98 Å². The Morgan fingerprint density at radius 1 is 1.07 bits per heavy atom. The first-order valence-electron chi connectivity index (χ1n) is 9.31. The molecule has 0 atom stereocenters. The van der Waals surface area contributed by atoms with Crippen molar-refractivity contribution in [3.05, 3.63) is 47.2 Å². The predicted octanol–water partition coefficient (Wildman–Crippen LogP) is 2.80. The Hall–Kier alpha value is -3.10. The van der Waals surface area contributed by atoms with E-state index in [1.165, 1.54) is 0 Å². The van der Waals surface area contributed by atoms with Gasteiger partial charge in [0, 0.05) is 48.9 Å². The van der Waals surface area contributed by atoms with Crippen LogP contribution in [0.25, 0.3) is 10.9 Å². The summed E-state index contributed by atoms with van der Waals surface area (Å²) in [6, 6.07) is 10.9. The zero-order chi connectivity index (χ0) is 19.8. The number of rotatable bonds is 3. The molecule has 0 bridgehead atoms. The first-order valence-corrected chi connectivity index (χ1v) is 9.69. The SMILES string of the molecule is O=C(c1ccc(Nc2nc(Cl)nc3cc4c(cc23)OCO4)cc1)N1CCNCC1. The van der Waals surface area contributed by atoms with E-state index in [4.69, 9.17) is 21.1 Å². The van der Waals surface area contributed by atoms with Crippen LogP contribution in [0.1, 0.15) is 10.4 Å². The lowest BCUT2D eigenvalue weighted by Gasteiger charge is -2.27. The Morgan fingerprint density at radius 3 is 2.55 bits per heavy atom. The van der Waals surface area contributed by atoms with Crippen LogP contribution in [-0.4, -0.2) is 53.7 Å². The third kappa shape index (κ3) is 3.52. The van der Waals surface area contributed by atoms with Gasteiger partial charge in [0.1, 0.15) is 5.82 Å². The van der Waals surface area contributed by atoms with Crippen LogP contribution in [0.15, 0.2) is 36.4 Å². The van der Waals surface area contributed by atoms with E-state index >= 15 is 0 Å². The maximum Gasteiger partial charge on any atom is 0.253 e. The van der Waals surface area contributed by atoms with Gasteiger partial charge in [0.2, 0.25) is 12.1 Å². The monoisotopic (exact) mass is 411 g/mol. The van der Waals surface area contributed by atoms with Gasteiger partial charge in [-0.15, -0.1) is 0 Å². The van der Waals surface area contributed by atoms with Gasteiger partial charge in [0.05, 0.1) is 5.52 Å². The molecule has 0 radical (unpaired) electrons. The molecule has 2 aliphatic rings. The van der Waals surface area contributed by atoms with E-state index in [1.807, 2.05) is 35.2 Å². The number of piperazine rings is 1. The number of benzene rings is 2. The number of nitrogens with zero attached hydrogens (tertiary/aromatic N) is 3. The quantitative estimate of drug-likeness (QED) is 0.640. The summed E-state index contributed by atoms with van der Waals surface area (Å²) in [7, 11) is 0. The summed E-state index contributed by atoms with van der Waals surface area (Å²) in [5.41, 5.74) is 2.10. The van der Waals surface area contributed by atoms with Crippen LogP contribution in [0.5, 0.6) is 11.5 Å². The number of ether oxygens (including phenoxy) is 2. The summed E-state index contributed by atoms with van der Waals surface area (Å²) in [6.45, 7) is 3.27. The molecule has 3 heterocycles. The largest absolute Gasteiger partial charge is 0.454 e. The Morgan fingerprint density at radius 2 is 1.79 bits per heavy atom. The molecule has 8 nitrogen and oxygen atoms in total. The van der Waals surface area contributed by atoms with Gasteiger partial charge in [-0.25, -0.2) is 4.98 Å². The molecule has 9 heteroatoms. The molecule has 1 amide bonds. The summed E-state index contributed by atoms with van der Waals surface area (Å²) in [5, 5.41) is 7.40. The number of fused-ring (bicyclic) bond motifs is 2. The number of halogens is 1. The van der Waals surface area contributed by atoms with Gasteiger partial charge in [0.15, 0.2) is 11.5 Å². The lowest BCUT2D eigenvalue weighted by molar-refractivity contribution is 0.0736.